The van der Waals surface area contributed by atoms with Gasteiger partial charge in [0.05, 0.1) is 6.61 Å². The van der Waals surface area contributed by atoms with E-state index in [4.69, 9.17) is 9.47 Å². The maximum absolute atomic E-state index is 12.2. The van der Waals surface area contributed by atoms with Gasteiger partial charge in [-0.2, -0.15) is 0 Å². The van der Waals surface area contributed by atoms with E-state index in [1.807, 2.05) is 60.7 Å². The molecule has 0 aliphatic heterocycles. The van der Waals surface area contributed by atoms with Crippen molar-refractivity contribution < 1.29 is 14.3 Å². The summed E-state index contributed by atoms with van der Waals surface area (Å²) < 4.78 is 12.4. The van der Waals surface area contributed by atoms with E-state index in [1.165, 1.54) is 11.1 Å². The summed E-state index contributed by atoms with van der Waals surface area (Å²) in [7, 11) is 0. The quantitative estimate of drug-likeness (QED) is 0.203. The number of hydrogen-bond acceptors (Lipinski definition) is 4. The van der Waals surface area contributed by atoms with Crippen molar-refractivity contribution in [2.75, 3.05) is 11.9 Å². The van der Waals surface area contributed by atoms with Crippen LogP contribution in [-0.4, -0.2) is 17.5 Å². The topological polar surface area (TPSA) is 60.5 Å². The van der Waals surface area contributed by atoms with Crippen LogP contribution in [0.15, 0.2) is 97.2 Å². The number of nitrogens with zero attached hydrogens (tertiary/aromatic N) is 1. The second kappa shape index (κ2) is 14.0. The number of carbonyl (C=O) groups excluding carboxylic acids is 1. The standard InChI is InChI=1S/C33H36N2O3/c1-3-8-29(28-19-12-25(2)13-20-28)24-38-31-10-5-4-9-30(31)37-23-27-16-14-26(15-17-27)18-21-33(36)35-32-11-6-7-22-34-32/h4-7,9-17,19-20,22,29H,3,8,18,21,23-24H2,1-2H3,(H,34,35,36). The number of benzene rings is 3. The summed E-state index contributed by atoms with van der Waals surface area (Å²) in [6.45, 7) is 5.37. The number of ether oxygens (including phenoxy) is 2. The van der Waals surface area contributed by atoms with Crippen LogP contribution in [0, 0.1) is 6.92 Å². The molecule has 1 atom stereocenters. The first-order valence-electron chi connectivity index (χ1n) is 13.3. The van der Waals surface area contributed by atoms with Crippen LogP contribution in [0.5, 0.6) is 11.5 Å². The van der Waals surface area contributed by atoms with E-state index in [2.05, 4.69) is 48.4 Å². The lowest BCUT2D eigenvalue weighted by Gasteiger charge is -2.19. The highest BCUT2D eigenvalue weighted by atomic mass is 16.5. The fourth-order valence-corrected chi connectivity index (χ4v) is 4.28. The van der Waals surface area contributed by atoms with E-state index >= 15 is 0 Å². The lowest BCUT2D eigenvalue weighted by atomic mass is 9.94. The number of hydrogen-bond donors (Lipinski definition) is 1. The monoisotopic (exact) mass is 508 g/mol. The lowest BCUT2D eigenvalue weighted by molar-refractivity contribution is -0.116. The van der Waals surface area contributed by atoms with Gasteiger partial charge >= 0.3 is 0 Å². The summed E-state index contributed by atoms with van der Waals surface area (Å²) in [4.78, 5) is 16.3. The number of para-hydroxylation sites is 2. The molecule has 4 rings (SSSR count). The minimum atomic E-state index is -0.0451. The number of pyridine rings is 1. The van der Waals surface area contributed by atoms with Gasteiger partial charge in [-0.3, -0.25) is 4.79 Å². The van der Waals surface area contributed by atoms with Crippen LogP contribution in [0.4, 0.5) is 5.82 Å². The number of amides is 1. The van der Waals surface area contributed by atoms with Crippen molar-refractivity contribution >= 4 is 11.7 Å². The van der Waals surface area contributed by atoms with E-state index in [0.29, 0.717) is 37.8 Å². The Hall–Kier alpha value is -4.12. The van der Waals surface area contributed by atoms with Gasteiger partial charge in [0, 0.05) is 18.5 Å². The number of nitrogens with one attached hydrogen (secondary N) is 1. The molecule has 0 fully saturated rings. The molecule has 4 aromatic rings. The predicted molar refractivity (Wildman–Crippen MR) is 153 cm³/mol. The zero-order chi connectivity index (χ0) is 26.6. The largest absolute Gasteiger partial charge is 0.489 e. The van der Waals surface area contributed by atoms with Crippen LogP contribution >= 0.6 is 0 Å². The highest BCUT2D eigenvalue weighted by molar-refractivity contribution is 5.89. The normalized spacial score (nSPS) is 11.5. The molecule has 3 aromatic carbocycles. The van der Waals surface area contributed by atoms with Gasteiger partial charge in [-0.1, -0.05) is 85.6 Å². The molecule has 1 heterocycles. The van der Waals surface area contributed by atoms with Crippen molar-refractivity contribution in [3.05, 3.63) is 119 Å². The molecule has 1 N–H and O–H groups in total. The molecule has 0 saturated carbocycles. The van der Waals surface area contributed by atoms with Crippen molar-refractivity contribution in [3.8, 4) is 11.5 Å². The highest BCUT2D eigenvalue weighted by Crippen LogP contribution is 2.30. The number of carbonyl (C=O) groups is 1. The van der Waals surface area contributed by atoms with Crippen LogP contribution in [0.25, 0.3) is 0 Å². The Labute approximate surface area is 225 Å². The first kappa shape index (κ1) is 26.9. The summed E-state index contributed by atoms with van der Waals surface area (Å²) in [5, 5.41) is 2.82. The van der Waals surface area contributed by atoms with Gasteiger partial charge in [0.2, 0.25) is 5.91 Å². The molecule has 196 valence electrons. The maximum atomic E-state index is 12.2. The molecule has 0 radical (unpaired) electrons. The van der Waals surface area contributed by atoms with E-state index in [9.17, 15) is 4.79 Å². The van der Waals surface area contributed by atoms with E-state index in [1.54, 1.807) is 12.3 Å². The first-order valence-corrected chi connectivity index (χ1v) is 13.3. The number of anilines is 1. The molecule has 1 amide bonds. The van der Waals surface area contributed by atoms with Crippen LogP contribution in [0.2, 0.25) is 0 Å². The Morgan fingerprint density at radius 2 is 1.53 bits per heavy atom. The van der Waals surface area contributed by atoms with Gasteiger partial charge in [0.15, 0.2) is 11.5 Å². The van der Waals surface area contributed by atoms with Gasteiger partial charge in [-0.25, -0.2) is 4.98 Å². The summed E-state index contributed by atoms with van der Waals surface area (Å²) in [6.07, 6.45) is 4.90. The Kier molecular flexibility index (Phi) is 9.91. The molecule has 38 heavy (non-hydrogen) atoms. The molecule has 5 nitrogen and oxygen atoms in total. The van der Waals surface area contributed by atoms with Gasteiger partial charge in [-0.05, 0) is 60.7 Å². The van der Waals surface area contributed by atoms with Gasteiger partial charge in [-0.15, -0.1) is 0 Å². The first-order chi connectivity index (χ1) is 18.6. The second-order valence-electron chi connectivity index (χ2n) is 9.52. The van der Waals surface area contributed by atoms with E-state index < -0.39 is 0 Å². The van der Waals surface area contributed by atoms with E-state index in [-0.39, 0.29) is 5.91 Å². The molecule has 0 bridgehead atoms. The molecule has 1 unspecified atom stereocenters. The molecule has 0 aliphatic carbocycles. The molecular weight excluding hydrogens is 472 g/mol. The zero-order valence-corrected chi connectivity index (χ0v) is 22.2. The Balaban J connectivity index is 1.28. The molecule has 0 saturated heterocycles. The average molecular weight is 509 g/mol. The smallest absolute Gasteiger partial charge is 0.225 e. The van der Waals surface area contributed by atoms with E-state index in [0.717, 1.165) is 35.5 Å². The molecular formula is C33H36N2O3. The van der Waals surface area contributed by atoms with Crippen LogP contribution in [0.1, 0.15) is 54.4 Å². The minimum absolute atomic E-state index is 0.0451. The van der Waals surface area contributed by atoms with Gasteiger partial charge in [0.1, 0.15) is 12.4 Å². The lowest BCUT2D eigenvalue weighted by Crippen LogP contribution is -2.13. The minimum Gasteiger partial charge on any atom is -0.489 e. The zero-order valence-electron chi connectivity index (χ0n) is 22.2. The van der Waals surface area contributed by atoms with Gasteiger partial charge < -0.3 is 14.8 Å². The third-order valence-corrected chi connectivity index (χ3v) is 6.47. The number of aromatic nitrogens is 1. The van der Waals surface area contributed by atoms with Crippen molar-refractivity contribution in [1.82, 2.24) is 4.98 Å². The van der Waals surface area contributed by atoms with Crippen molar-refractivity contribution in [2.45, 2.75) is 52.1 Å². The number of aryl methyl sites for hydroxylation is 2. The molecule has 0 spiro atoms. The summed E-state index contributed by atoms with van der Waals surface area (Å²) in [5.41, 5.74) is 4.74. The van der Waals surface area contributed by atoms with Crippen LogP contribution < -0.4 is 14.8 Å². The van der Waals surface area contributed by atoms with Crippen molar-refractivity contribution in [3.63, 3.8) is 0 Å². The third-order valence-electron chi connectivity index (χ3n) is 6.47. The highest BCUT2D eigenvalue weighted by Gasteiger charge is 2.14. The SMILES string of the molecule is CCCC(COc1ccccc1OCc1ccc(CCC(=O)Nc2ccccn2)cc1)c1ccc(C)cc1. The fourth-order valence-electron chi connectivity index (χ4n) is 4.28. The molecule has 5 heteroatoms. The average Bonchev–Trinajstić information content (AvgIpc) is 2.95. The predicted octanol–water partition coefficient (Wildman–Crippen LogP) is 7.50. The Morgan fingerprint density at radius 3 is 2.21 bits per heavy atom. The number of rotatable bonds is 13. The second-order valence-corrected chi connectivity index (χ2v) is 9.52. The molecule has 0 aliphatic rings. The fraction of sp³-hybridized carbons (Fsp3) is 0.273. The van der Waals surface area contributed by atoms with Crippen molar-refractivity contribution in [1.29, 1.82) is 0 Å². The summed E-state index contributed by atoms with van der Waals surface area (Å²) >= 11 is 0. The van der Waals surface area contributed by atoms with Crippen LogP contribution in [0.3, 0.4) is 0 Å². The van der Waals surface area contributed by atoms with Crippen molar-refractivity contribution in [2.24, 2.45) is 0 Å². The third kappa shape index (κ3) is 8.20. The van der Waals surface area contributed by atoms with Crippen LogP contribution in [-0.2, 0) is 17.8 Å². The molecule has 1 aromatic heterocycles. The Bertz CT molecular complexity index is 1270. The maximum Gasteiger partial charge on any atom is 0.225 e. The summed E-state index contributed by atoms with van der Waals surface area (Å²) in [6, 6.07) is 30.2. The Morgan fingerprint density at radius 1 is 0.842 bits per heavy atom. The summed E-state index contributed by atoms with van der Waals surface area (Å²) in [5.74, 6) is 2.37. The van der Waals surface area contributed by atoms with Gasteiger partial charge in [0.25, 0.3) is 0 Å².